The van der Waals surface area contributed by atoms with E-state index >= 15 is 0 Å². The number of hydrogen-bond acceptors (Lipinski definition) is 5. The van der Waals surface area contributed by atoms with E-state index in [2.05, 4.69) is 20.4 Å². The van der Waals surface area contributed by atoms with Crippen LogP contribution in [-0.4, -0.2) is 31.8 Å². The molecule has 5 heteroatoms. The van der Waals surface area contributed by atoms with Gasteiger partial charge in [-0.05, 0) is 19.3 Å². The molecular weight excluding hydrogens is 404 g/mol. The Bertz CT molecular complexity index is 443. The van der Waals surface area contributed by atoms with Crippen molar-refractivity contribution in [2.75, 3.05) is 19.8 Å². The number of ether oxygens (including phenoxy) is 3. The lowest BCUT2D eigenvalue weighted by Gasteiger charge is -2.18. The molecule has 32 heavy (non-hydrogen) atoms. The molecule has 0 aliphatic heterocycles. The third-order valence-electron chi connectivity index (χ3n) is 5.47. The highest BCUT2D eigenvalue weighted by molar-refractivity contribution is 5.70. The molecule has 0 aromatic carbocycles. The summed E-state index contributed by atoms with van der Waals surface area (Å²) >= 11 is 0. The van der Waals surface area contributed by atoms with Gasteiger partial charge in [0.2, 0.25) is 0 Å². The normalized spacial score (nSPS) is 11.7. The summed E-state index contributed by atoms with van der Waals surface area (Å²) in [5.74, 6) is 0.0623. The van der Waals surface area contributed by atoms with Crippen molar-refractivity contribution in [2.45, 2.75) is 124 Å². The zero-order valence-corrected chi connectivity index (χ0v) is 21.3. The predicted octanol–water partition coefficient (Wildman–Crippen LogP) is 7.52. The lowest BCUT2D eigenvalue weighted by Crippen LogP contribution is -2.23. The molecule has 0 aliphatic rings. The summed E-state index contributed by atoms with van der Waals surface area (Å²) < 4.78 is 16.5. The highest BCUT2D eigenvalue weighted by atomic mass is 16.5. The van der Waals surface area contributed by atoms with Gasteiger partial charge in [0.25, 0.3) is 0 Å². The molecule has 0 aliphatic carbocycles. The minimum absolute atomic E-state index is 0.181. The molecule has 1 atom stereocenters. The van der Waals surface area contributed by atoms with Crippen molar-refractivity contribution in [1.82, 2.24) is 0 Å². The van der Waals surface area contributed by atoms with Gasteiger partial charge >= 0.3 is 11.9 Å². The third-order valence-corrected chi connectivity index (χ3v) is 5.47. The lowest BCUT2D eigenvalue weighted by atomic mass is 10.1. The van der Waals surface area contributed by atoms with Crippen LogP contribution >= 0.6 is 0 Å². The van der Waals surface area contributed by atoms with Crippen LogP contribution in [0.4, 0.5) is 0 Å². The SMILES string of the molecule is C=C(CCCCCCCC)OCC(COC(=O)CCCCCCCC)CC(=O)OCCC. The van der Waals surface area contributed by atoms with E-state index in [1.165, 1.54) is 57.8 Å². The maximum absolute atomic E-state index is 12.1. The monoisotopic (exact) mass is 454 g/mol. The van der Waals surface area contributed by atoms with Crippen molar-refractivity contribution in [1.29, 1.82) is 0 Å². The first-order chi connectivity index (χ1) is 15.5. The second-order valence-corrected chi connectivity index (χ2v) is 8.86. The number of unbranched alkanes of at least 4 members (excludes halogenated alkanes) is 10. The third kappa shape index (κ3) is 20.4. The van der Waals surface area contributed by atoms with E-state index in [1.807, 2.05) is 6.92 Å². The van der Waals surface area contributed by atoms with Crippen molar-refractivity contribution in [2.24, 2.45) is 5.92 Å². The quantitative estimate of drug-likeness (QED) is 0.0907. The molecule has 0 bridgehead atoms. The van der Waals surface area contributed by atoms with Crippen molar-refractivity contribution in [3.63, 3.8) is 0 Å². The standard InChI is InChI=1S/C27H50O5/c1-5-8-10-12-14-16-18-24(4)31-22-25(21-27(29)30-20-7-3)23-32-26(28)19-17-15-13-11-9-6-2/h25H,4-23H2,1-3H3. The van der Waals surface area contributed by atoms with E-state index in [9.17, 15) is 9.59 Å². The first-order valence-electron chi connectivity index (χ1n) is 13.1. The number of esters is 2. The van der Waals surface area contributed by atoms with Crippen LogP contribution in [0.1, 0.15) is 124 Å². The van der Waals surface area contributed by atoms with Gasteiger partial charge in [-0.15, -0.1) is 0 Å². The van der Waals surface area contributed by atoms with Crippen LogP contribution in [0.5, 0.6) is 0 Å². The molecular formula is C27H50O5. The van der Waals surface area contributed by atoms with E-state index in [4.69, 9.17) is 14.2 Å². The molecule has 188 valence electrons. The summed E-state index contributed by atoms with van der Waals surface area (Å²) in [5, 5.41) is 0. The Kier molecular flexibility index (Phi) is 21.6. The van der Waals surface area contributed by atoms with Crippen LogP contribution in [0, 0.1) is 5.92 Å². The highest BCUT2D eigenvalue weighted by Gasteiger charge is 2.18. The number of hydrogen-bond donors (Lipinski definition) is 0. The topological polar surface area (TPSA) is 61.8 Å². The first kappa shape index (κ1) is 30.5. The average Bonchev–Trinajstić information content (AvgIpc) is 2.78. The molecule has 0 spiro atoms. The summed E-state index contributed by atoms with van der Waals surface area (Å²) in [6, 6.07) is 0. The largest absolute Gasteiger partial charge is 0.498 e. The molecule has 0 aromatic heterocycles. The number of rotatable bonds is 23. The van der Waals surface area contributed by atoms with Crippen molar-refractivity contribution < 1.29 is 23.8 Å². The van der Waals surface area contributed by atoms with Gasteiger partial charge in [0, 0.05) is 18.8 Å². The maximum Gasteiger partial charge on any atom is 0.306 e. The second kappa shape index (κ2) is 22.7. The number of allylic oxidation sites excluding steroid dienone is 1. The van der Waals surface area contributed by atoms with E-state index in [-0.39, 0.29) is 30.9 Å². The van der Waals surface area contributed by atoms with Crippen molar-refractivity contribution >= 4 is 11.9 Å². The van der Waals surface area contributed by atoms with Crippen LogP contribution in [0.2, 0.25) is 0 Å². The highest BCUT2D eigenvalue weighted by Crippen LogP contribution is 2.15. The Morgan fingerprint density at radius 3 is 1.75 bits per heavy atom. The van der Waals surface area contributed by atoms with Gasteiger partial charge in [-0.3, -0.25) is 9.59 Å². The van der Waals surface area contributed by atoms with Gasteiger partial charge in [-0.2, -0.15) is 0 Å². The van der Waals surface area contributed by atoms with E-state index in [0.29, 0.717) is 19.6 Å². The average molecular weight is 455 g/mol. The summed E-state index contributed by atoms with van der Waals surface area (Å²) in [4.78, 5) is 24.1. The van der Waals surface area contributed by atoms with Crippen LogP contribution < -0.4 is 0 Å². The first-order valence-corrected chi connectivity index (χ1v) is 13.1. The van der Waals surface area contributed by atoms with Crippen molar-refractivity contribution in [3.8, 4) is 0 Å². The fourth-order valence-corrected chi connectivity index (χ4v) is 3.42. The van der Waals surface area contributed by atoms with Crippen LogP contribution in [0.3, 0.4) is 0 Å². The number of carbonyl (C=O) groups is 2. The van der Waals surface area contributed by atoms with Gasteiger partial charge < -0.3 is 14.2 Å². The molecule has 1 unspecified atom stereocenters. The zero-order chi connectivity index (χ0) is 23.9. The lowest BCUT2D eigenvalue weighted by molar-refractivity contribution is -0.151. The van der Waals surface area contributed by atoms with Crippen molar-refractivity contribution in [3.05, 3.63) is 12.3 Å². The summed E-state index contributed by atoms with van der Waals surface area (Å²) in [6.07, 6.45) is 16.4. The maximum atomic E-state index is 12.1. The Balaban J connectivity index is 4.24. The molecule has 0 rings (SSSR count). The summed E-state index contributed by atoms with van der Waals surface area (Å²) in [5.41, 5.74) is 0. The molecule has 0 saturated carbocycles. The van der Waals surface area contributed by atoms with Gasteiger partial charge in [0.1, 0.15) is 0 Å². The molecule has 0 saturated heterocycles. The van der Waals surface area contributed by atoms with Crippen LogP contribution in [0.15, 0.2) is 12.3 Å². The zero-order valence-electron chi connectivity index (χ0n) is 21.3. The van der Waals surface area contributed by atoms with E-state index < -0.39 is 0 Å². The molecule has 0 N–H and O–H groups in total. The Morgan fingerprint density at radius 1 is 0.625 bits per heavy atom. The fraction of sp³-hybridized carbons (Fsp3) is 0.852. The number of carbonyl (C=O) groups excluding carboxylic acids is 2. The fourth-order valence-electron chi connectivity index (χ4n) is 3.42. The predicted molar refractivity (Wildman–Crippen MR) is 131 cm³/mol. The smallest absolute Gasteiger partial charge is 0.306 e. The van der Waals surface area contributed by atoms with Crippen LogP contribution in [0.25, 0.3) is 0 Å². The summed E-state index contributed by atoms with van der Waals surface area (Å²) in [6.45, 7) is 11.3. The molecule has 0 amide bonds. The molecule has 0 aromatic rings. The molecule has 0 radical (unpaired) electrons. The Labute approximate surface area is 197 Å². The molecule has 0 fully saturated rings. The van der Waals surface area contributed by atoms with E-state index in [0.717, 1.165) is 37.9 Å². The van der Waals surface area contributed by atoms with Gasteiger partial charge in [0.15, 0.2) is 0 Å². The summed E-state index contributed by atoms with van der Waals surface area (Å²) in [7, 11) is 0. The van der Waals surface area contributed by atoms with Gasteiger partial charge in [-0.25, -0.2) is 0 Å². The Morgan fingerprint density at radius 2 is 1.16 bits per heavy atom. The van der Waals surface area contributed by atoms with Crippen LogP contribution in [-0.2, 0) is 23.8 Å². The minimum atomic E-state index is -0.269. The second-order valence-electron chi connectivity index (χ2n) is 8.86. The van der Waals surface area contributed by atoms with Gasteiger partial charge in [-0.1, -0.05) is 91.6 Å². The minimum Gasteiger partial charge on any atom is -0.498 e. The van der Waals surface area contributed by atoms with Gasteiger partial charge in [0.05, 0.1) is 32.0 Å². The molecule has 0 heterocycles. The Hall–Kier alpha value is -1.52. The van der Waals surface area contributed by atoms with E-state index in [1.54, 1.807) is 0 Å². The molecule has 5 nitrogen and oxygen atoms in total.